The molecule has 0 spiro atoms. The molecule has 0 aromatic carbocycles. The van der Waals surface area contributed by atoms with Gasteiger partial charge in [0.15, 0.2) is 0 Å². The van der Waals surface area contributed by atoms with Crippen molar-refractivity contribution >= 4 is 34.9 Å². The number of carbonyl (C=O) groups is 2. The van der Waals surface area contributed by atoms with E-state index in [1.807, 2.05) is 22.3 Å². The monoisotopic (exact) mass is 364 g/mol. The normalized spacial score (nSPS) is 16.7. The average molecular weight is 364 g/mol. The van der Waals surface area contributed by atoms with Gasteiger partial charge in [0.05, 0.1) is 30.9 Å². The number of thioether (sulfide) groups is 1. The Balaban J connectivity index is 1.64. The molecule has 3 rings (SSSR count). The van der Waals surface area contributed by atoms with Crippen LogP contribution in [-0.4, -0.2) is 51.4 Å². The van der Waals surface area contributed by atoms with E-state index in [1.54, 1.807) is 28.8 Å². The van der Waals surface area contributed by atoms with Crippen molar-refractivity contribution in [3.8, 4) is 0 Å². The van der Waals surface area contributed by atoms with Gasteiger partial charge < -0.3 is 14.8 Å². The molecule has 6 nitrogen and oxygen atoms in total. The zero-order chi connectivity index (χ0) is 16.9. The lowest BCUT2D eigenvalue weighted by atomic mass is 10.1. The molecule has 0 radical (unpaired) electrons. The fourth-order valence-electron chi connectivity index (χ4n) is 2.79. The standard InChI is InChI=1S/C16H20N4O2S2/c1-23-10-15(21)19-8-12-7-17-11-20(12)14(9-19)16(22)18-5-4-13-3-2-6-24-13/h2-3,6-7,11,14H,4-5,8-10H2,1H3,(H,18,22)/t14-/m0/s1. The maximum atomic E-state index is 12.6. The maximum Gasteiger partial charge on any atom is 0.244 e. The first-order valence-corrected chi connectivity index (χ1v) is 10.0. The molecule has 2 aromatic heterocycles. The van der Waals surface area contributed by atoms with Crippen molar-refractivity contribution in [1.29, 1.82) is 0 Å². The summed E-state index contributed by atoms with van der Waals surface area (Å²) in [5, 5.41) is 5.02. The molecule has 3 heterocycles. The van der Waals surface area contributed by atoms with Gasteiger partial charge in [-0.25, -0.2) is 4.98 Å². The highest BCUT2D eigenvalue weighted by Gasteiger charge is 2.31. The van der Waals surface area contributed by atoms with E-state index in [2.05, 4.69) is 16.4 Å². The molecule has 1 aliphatic rings. The SMILES string of the molecule is CSCC(=O)N1Cc2cncn2[C@H](C(=O)NCCc2cccs2)C1. The minimum absolute atomic E-state index is 0.0614. The third kappa shape index (κ3) is 3.81. The molecule has 2 amide bonds. The summed E-state index contributed by atoms with van der Waals surface area (Å²) in [5.41, 5.74) is 0.897. The van der Waals surface area contributed by atoms with E-state index in [9.17, 15) is 9.59 Å². The Bertz CT molecular complexity index is 699. The molecule has 0 aliphatic carbocycles. The fourth-order valence-corrected chi connectivity index (χ4v) is 3.93. The molecule has 2 aromatic rings. The first-order chi connectivity index (χ1) is 11.7. The van der Waals surface area contributed by atoms with Crippen molar-refractivity contribution in [3.05, 3.63) is 40.6 Å². The van der Waals surface area contributed by atoms with Crippen LogP contribution in [0, 0.1) is 0 Å². The topological polar surface area (TPSA) is 67.2 Å². The molecule has 0 unspecified atom stereocenters. The van der Waals surface area contributed by atoms with E-state index in [-0.39, 0.29) is 11.8 Å². The Morgan fingerprint density at radius 2 is 2.38 bits per heavy atom. The van der Waals surface area contributed by atoms with E-state index < -0.39 is 6.04 Å². The summed E-state index contributed by atoms with van der Waals surface area (Å²) in [7, 11) is 0. The number of hydrogen-bond donors (Lipinski definition) is 1. The van der Waals surface area contributed by atoms with Crippen LogP contribution >= 0.6 is 23.1 Å². The summed E-state index contributed by atoms with van der Waals surface area (Å²) >= 11 is 3.18. The second-order valence-corrected chi connectivity index (χ2v) is 7.53. The number of nitrogens with one attached hydrogen (secondary N) is 1. The highest BCUT2D eigenvalue weighted by Crippen LogP contribution is 2.21. The number of amides is 2. The molecule has 0 bridgehead atoms. The number of fused-ring (bicyclic) bond motifs is 1. The molecule has 8 heteroatoms. The van der Waals surface area contributed by atoms with Gasteiger partial charge in [0.2, 0.25) is 11.8 Å². The predicted octanol–water partition coefficient (Wildman–Crippen LogP) is 1.55. The quantitative estimate of drug-likeness (QED) is 0.845. The Morgan fingerprint density at radius 1 is 1.50 bits per heavy atom. The van der Waals surface area contributed by atoms with Crippen molar-refractivity contribution in [2.75, 3.05) is 25.1 Å². The summed E-state index contributed by atoms with van der Waals surface area (Å²) in [6.07, 6.45) is 6.13. The summed E-state index contributed by atoms with van der Waals surface area (Å²) in [5.74, 6) is 0.430. The van der Waals surface area contributed by atoms with E-state index in [0.717, 1.165) is 12.1 Å². The van der Waals surface area contributed by atoms with Crippen LogP contribution in [0.5, 0.6) is 0 Å². The second kappa shape index (κ2) is 7.85. The summed E-state index contributed by atoms with van der Waals surface area (Å²) in [4.78, 5) is 32.0. The number of hydrogen-bond acceptors (Lipinski definition) is 5. The Labute approximate surface area is 149 Å². The Morgan fingerprint density at radius 3 is 3.12 bits per heavy atom. The highest BCUT2D eigenvalue weighted by molar-refractivity contribution is 7.99. The van der Waals surface area contributed by atoms with Crippen molar-refractivity contribution in [1.82, 2.24) is 19.8 Å². The van der Waals surface area contributed by atoms with Crippen molar-refractivity contribution in [2.45, 2.75) is 19.0 Å². The lowest BCUT2D eigenvalue weighted by molar-refractivity contribution is -0.133. The molecule has 0 saturated heterocycles. The fraction of sp³-hybridized carbons (Fsp3) is 0.438. The number of rotatable bonds is 6. The van der Waals surface area contributed by atoms with Crippen LogP contribution in [0.3, 0.4) is 0 Å². The molecule has 24 heavy (non-hydrogen) atoms. The van der Waals surface area contributed by atoms with Crippen LogP contribution in [0.25, 0.3) is 0 Å². The lowest BCUT2D eigenvalue weighted by Crippen LogP contribution is -2.47. The predicted molar refractivity (Wildman–Crippen MR) is 96.1 cm³/mol. The summed E-state index contributed by atoms with van der Waals surface area (Å²) in [6.45, 7) is 1.50. The van der Waals surface area contributed by atoms with Crippen LogP contribution in [0.15, 0.2) is 30.0 Å². The third-order valence-corrected chi connectivity index (χ3v) is 5.47. The second-order valence-electron chi connectivity index (χ2n) is 5.64. The molecule has 1 N–H and O–H groups in total. The van der Waals surface area contributed by atoms with E-state index in [0.29, 0.717) is 25.4 Å². The van der Waals surface area contributed by atoms with Gasteiger partial charge in [0.25, 0.3) is 0 Å². The molecular weight excluding hydrogens is 344 g/mol. The third-order valence-electron chi connectivity index (χ3n) is 4.00. The summed E-state index contributed by atoms with van der Waals surface area (Å²) in [6, 6.07) is 3.66. The Kier molecular flexibility index (Phi) is 5.57. The number of aromatic nitrogens is 2. The van der Waals surface area contributed by atoms with Gasteiger partial charge in [-0.2, -0.15) is 11.8 Å². The van der Waals surface area contributed by atoms with Gasteiger partial charge in [0.1, 0.15) is 6.04 Å². The minimum atomic E-state index is -0.412. The zero-order valence-corrected chi connectivity index (χ0v) is 15.1. The molecule has 0 fully saturated rings. The van der Waals surface area contributed by atoms with Gasteiger partial charge in [-0.1, -0.05) is 6.07 Å². The van der Waals surface area contributed by atoms with Crippen molar-refractivity contribution in [3.63, 3.8) is 0 Å². The minimum Gasteiger partial charge on any atom is -0.354 e. The van der Waals surface area contributed by atoms with Gasteiger partial charge in [-0.15, -0.1) is 11.3 Å². The van der Waals surface area contributed by atoms with Crippen LogP contribution in [0.2, 0.25) is 0 Å². The molecular formula is C16H20N4O2S2. The first-order valence-electron chi connectivity index (χ1n) is 7.76. The number of nitrogens with zero attached hydrogens (tertiary/aromatic N) is 3. The Hall–Kier alpha value is -1.80. The van der Waals surface area contributed by atoms with E-state index in [1.165, 1.54) is 16.6 Å². The molecule has 128 valence electrons. The largest absolute Gasteiger partial charge is 0.354 e. The number of thiophene rings is 1. The number of imidazole rings is 1. The number of carbonyl (C=O) groups excluding carboxylic acids is 2. The van der Waals surface area contributed by atoms with E-state index >= 15 is 0 Å². The average Bonchev–Trinajstić information content (AvgIpc) is 3.25. The van der Waals surface area contributed by atoms with E-state index in [4.69, 9.17) is 0 Å². The van der Waals surface area contributed by atoms with Crippen LogP contribution in [0.4, 0.5) is 0 Å². The molecule has 1 aliphatic heterocycles. The molecule has 0 saturated carbocycles. The van der Waals surface area contributed by atoms with Crippen molar-refractivity contribution in [2.24, 2.45) is 0 Å². The smallest absolute Gasteiger partial charge is 0.244 e. The van der Waals surface area contributed by atoms with Crippen LogP contribution in [-0.2, 0) is 22.6 Å². The van der Waals surface area contributed by atoms with Gasteiger partial charge >= 0.3 is 0 Å². The lowest BCUT2D eigenvalue weighted by Gasteiger charge is -2.33. The van der Waals surface area contributed by atoms with Gasteiger partial charge in [-0.05, 0) is 24.1 Å². The van der Waals surface area contributed by atoms with Gasteiger partial charge in [0, 0.05) is 17.6 Å². The maximum absolute atomic E-state index is 12.6. The summed E-state index contributed by atoms with van der Waals surface area (Å²) < 4.78 is 1.88. The highest BCUT2D eigenvalue weighted by atomic mass is 32.2. The first kappa shape index (κ1) is 17.0. The van der Waals surface area contributed by atoms with Crippen LogP contribution in [0.1, 0.15) is 16.6 Å². The van der Waals surface area contributed by atoms with Crippen LogP contribution < -0.4 is 5.32 Å². The zero-order valence-electron chi connectivity index (χ0n) is 13.5. The van der Waals surface area contributed by atoms with Gasteiger partial charge in [-0.3, -0.25) is 9.59 Å². The van der Waals surface area contributed by atoms with Crippen molar-refractivity contribution < 1.29 is 9.59 Å². The molecule has 1 atom stereocenters.